The van der Waals surface area contributed by atoms with E-state index < -0.39 is 17.0 Å². The van der Waals surface area contributed by atoms with Gasteiger partial charge in [-0.05, 0) is 26.2 Å². The molecule has 1 aromatic rings. The number of rotatable bonds is 6. The Morgan fingerprint density at radius 2 is 2.35 bits per heavy atom. The summed E-state index contributed by atoms with van der Waals surface area (Å²) in [7, 11) is 0. The Bertz CT molecular complexity index is 551. The highest BCUT2D eigenvalue weighted by molar-refractivity contribution is 4.91. The third-order valence-corrected chi connectivity index (χ3v) is 3.63. The zero-order valence-electron chi connectivity index (χ0n) is 12.1. The molecule has 1 fully saturated rings. The zero-order valence-corrected chi connectivity index (χ0v) is 12.1. The lowest BCUT2D eigenvalue weighted by atomic mass is 10.1. The summed E-state index contributed by atoms with van der Waals surface area (Å²) in [5, 5.41) is 0. The van der Waals surface area contributed by atoms with Crippen LogP contribution in [0.5, 0.6) is 0 Å². The Labute approximate surface area is 117 Å². The van der Waals surface area contributed by atoms with Crippen LogP contribution in [0.1, 0.15) is 39.5 Å². The standard InChI is InChI=1S/C14H22N2O4/c1-3-4-9-19-10-11-5-7-14(2,20-11)16-8-6-12(17)15-13(16)18/h6,8,11H,3-5,7,9-10H2,1-2H3,(H,15,17,18)/t11-,14+/m0/s1. The predicted molar refractivity (Wildman–Crippen MR) is 74.8 cm³/mol. The highest BCUT2D eigenvalue weighted by Crippen LogP contribution is 2.33. The number of nitrogens with zero attached hydrogens (tertiary/aromatic N) is 1. The van der Waals surface area contributed by atoms with Crippen LogP contribution in [0.3, 0.4) is 0 Å². The van der Waals surface area contributed by atoms with Crippen molar-refractivity contribution >= 4 is 0 Å². The lowest BCUT2D eigenvalue weighted by Gasteiger charge is -2.26. The Hall–Kier alpha value is -1.40. The monoisotopic (exact) mass is 282 g/mol. The number of hydrogen-bond donors (Lipinski definition) is 1. The van der Waals surface area contributed by atoms with Gasteiger partial charge >= 0.3 is 5.69 Å². The summed E-state index contributed by atoms with van der Waals surface area (Å²) in [5.74, 6) is 0. The first-order chi connectivity index (χ1) is 9.55. The van der Waals surface area contributed by atoms with Crippen LogP contribution >= 0.6 is 0 Å². The molecule has 0 radical (unpaired) electrons. The van der Waals surface area contributed by atoms with Gasteiger partial charge in [0.25, 0.3) is 5.56 Å². The van der Waals surface area contributed by atoms with Crippen molar-refractivity contribution in [3.05, 3.63) is 33.1 Å². The number of aromatic amines is 1. The van der Waals surface area contributed by atoms with Crippen LogP contribution in [0.2, 0.25) is 0 Å². The maximum Gasteiger partial charge on any atom is 0.330 e. The topological polar surface area (TPSA) is 73.3 Å². The molecule has 6 nitrogen and oxygen atoms in total. The molecule has 2 atom stereocenters. The largest absolute Gasteiger partial charge is 0.379 e. The van der Waals surface area contributed by atoms with E-state index >= 15 is 0 Å². The van der Waals surface area contributed by atoms with Gasteiger partial charge in [-0.1, -0.05) is 13.3 Å². The van der Waals surface area contributed by atoms with Gasteiger partial charge in [0.05, 0.1) is 12.7 Å². The third-order valence-electron chi connectivity index (χ3n) is 3.63. The van der Waals surface area contributed by atoms with Gasteiger partial charge in [0, 0.05) is 18.9 Å². The van der Waals surface area contributed by atoms with E-state index in [-0.39, 0.29) is 6.10 Å². The second kappa shape index (κ2) is 6.37. The van der Waals surface area contributed by atoms with Crippen molar-refractivity contribution in [2.75, 3.05) is 13.2 Å². The Morgan fingerprint density at radius 3 is 3.05 bits per heavy atom. The van der Waals surface area contributed by atoms with E-state index in [1.807, 2.05) is 6.92 Å². The molecule has 112 valence electrons. The van der Waals surface area contributed by atoms with Crippen molar-refractivity contribution in [3.8, 4) is 0 Å². The molecule has 0 bridgehead atoms. The predicted octanol–water partition coefficient (Wildman–Crippen LogP) is 1.21. The SMILES string of the molecule is CCCCOC[C@@H]1CC[C@](C)(n2ccc(=O)[nH]c2=O)O1. The molecule has 0 spiro atoms. The molecule has 0 amide bonds. The van der Waals surface area contributed by atoms with Gasteiger partial charge in [-0.15, -0.1) is 0 Å². The Balaban J connectivity index is 1.99. The van der Waals surface area contributed by atoms with Crippen LogP contribution in [-0.4, -0.2) is 28.9 Å². The second-order valence-electron chi connectivity index (χ2n) is 5.36. The fraction of sp³-hybridized carbons (Fsp3) is 0.714. The number of H-pyrrole nitrogens is 1. The van der Waals surface area contributed by atoms with Gasteiger partial charge in [0.2, 0.25) is 0 Å². The molecule has 1 saturated heterocycles. The van der Waals surface area contributed by atoms with E-state index in [4.69, 9.17) is 9.47 Å². The molecule has 1 aliphatic rings. The average molecular weight is 282 g/mol. The maximum atomic E-state index is 11.8. The van der Waals surface area contributed by atoms with Crippen molar-refractivity contribution in [3.63, 3.8) is 0 Å². The minimum atomic E-state index is -0.708. The van der Waals surface area contributed by atoms with Gasteiger partial charge in [0.15, 0.2) is 0 Å². The van der Waals surface area contributed by atoms with Crippen LogP contribution < -0.4 is 11.2 Å². The average Bonchev–Trinajstić information content (AvgIpc) is 2.77. The number of nitrogens with one attached hydrogen (secondary N) is 1. The quantitative estimate of drug-likeness (QED) is 0.796. The normalized spacial score (nSPS) is 26.0. The molecular formula is C14H22N2O4. The van der Waals surface area contributed by atoms with Crippen LogP contribution in [-0.2, 0) is 15.2 Å². The first-order valence-electron chi connectivity index (χ1n) is 7.13. The molecule has 1 aliphatic heterocycles. The molecule has 2 heterocycles. The highest BCUT2D eigenvalue weighted by Gasteiger charge is 2.38. The first-order valence-corrected chi connectivity index (χ1v) is 7.13. The Kier molecular flexibility index (Phi) is 4.77. The number of aromatic nitrogens is 2. The summed E-state index contributed by atoms with van der Waals surface area (Å²) in [4.78, 5) is 25.2. The molecule has 1 aromatic heterocycles. The van der Waals surface area contributed by atoms with E-state index in [1.54, 1.807) is 0 Å². The van der Waals surface area contributed by atoms with Gasteiger partial charge in [-0.25, -0.2) is 4.79 Å². The summed E-state index contributed by atoms with van der Waals surface area (Å²) < 4.78 is 13.0. The van der Waals surface area contributed by atoms with Gasteiger partial charge in [-0.3, -0.25) is 14.3 Å². The summed E-state index contributed by atoms with van der Waals surface area (Å²) in [6, 6.07) is 1.33. The Morgan fingerprint density at radius 1 is 1.55 bits per heavy atom. The van der Waals surface area contributed by atoms with E-state index in [0.717, 1.165) is 32.3 Å². The summed E-state index contributed by atoms with van der Waals surface area (Å²) in [6.07, 6.45) is 5.20. The van der Waals surface area contributed by atoms with Crippen molar-refractivity contribution in [2.24, 2.45) is 0 Å². The molecule has 20 heavy (non-hydrogen) atoms. The zero-order chi connectivity index (χ0) is 14.6. The number of ether oxygens (including phenoxy) is 2. The van der Waals surface area contributed by atoms with Crippen molar-refractivity contribution < 1.29 is 9.47 Å². The van der Waals surface area contributed by atoms with E-state index in [9.17, 15) is 9.59 Å². The lowest BCUT2D eigenvalue weighted by Crippen LogP contribution is -2.42. The molecule has 0 saturated carbocycles. The fourth-order valence-electron chi connectivity index (χ4n) is 2.45. The number of hydrogen-bond acceptors (Lipinski definition) is 4. The molecule has 2 rings (SSSR count). The molecule has 0 unspecified atom stereocenters. The van der Waals surface area contributed by atoms with Crippen molar-refractivity contribution in [1.82, 2.24) is 9.55 Å². The van der Waals surface area contributed by atoms with E-state index in [2.05, 4.69) is 11.9 Å². The first kappa shape index (κ1) is 15.0. The summed E-state index contributed by atoms with van der Waals surface area (Å²) >= 11 is 0. The van der Waals surface area contributed by atoms with Crippen molar-refractivity contribution in [2.45, 2.75) is 51.4 Å². The van der Waals surface area contributed by atoms with Crippen LogP contribution in [0.25, 0.3) is 0 Å². The third kappa shape index (κ3) is 3.37. The van der Waals surface area contributed by atoms with Crippen molar-refractivity contribution in [1.29, 1.82) is 0 Å². The van der Waals surface area contributed by atoms with Gasteiger partial charge in [-0.2, -0.15) is 0 Å². The molecule has 6 heteroatoms. The summed E-state index contributed by atoms with van der Waals surface area (Å²) in [5.41, 5.74) is -1.54. The van der Waals surface area contributed by atoms with Crippen LogP contribution in [0.15, 0.2) is 21.9 Å². The van der Waals surface area contributed by atoms with E-state index in [0.29, 0.717) is 6.61 Å². The van der Waals surface area contributed by atoms with Gasteiger partial charge in [0.1, 0.15) is 5.72 Å². The number of unbranched alkanes of at least 4 members (excludes halogenated alkanes) is 1. The lowest BCUT2D eigenvalue weighted by molar-refractivity contribution is -0.109. The minimum absolute atomic E-state index is 0.00400. The van der Waals surface area contributed by atoms with Crippen LogP contribution in [0, 0.1) is 0 Å². The highest BCUT2D eigenvalue weighted by atomic mass is 16.6. The van der Waals surface area contributed by atoms with E-state index in [1.165, 1.54) is 16.8 Å². The van der Waals surface area contributed by atoms with Gasteiger partial charge < -0.3 is 9.47 Å². The molecular weight excluding hydrogens is 260 g/mol. The molecule has 0 aromatic carbocycles. The van der Waals surface area contributed by atoms with Crippen LogP contribution in [0.4, 0.5) is 0 Å². The fourth-order valence-corrected chi connectivity index (χ4v) is 2.45. The smallest absolute Gasteiger partial charge is 0.330 e. The maximum absolute atomic E-state index is 11.8. The molecule has 1 N–H and O–H groups in total. The minimum Gasteiger partial charge on any atom is -0.379 e. The second-order valence-corrected chi connectivity index (χ2v) is 5.36. The molecule has 0 aliphatic carbocycles. The summed E-state index contributed by atoms with van der Waals surface area (Å²) in [6.45, 7) is 5.27.